The lowest BCUT2D eigenvalue weighted by Crippen LogP contribution is -2.25. The Labute approximate surface area is 132 Å². The Kier molecular flexibility index (Phi) is 6.19. The molecule has 1 fully saturated rings. The fourth-order valence-electron chi connectivity index (χ4n) is 3.08. The van der Waals surface area contributed by atoms with E-state index in [4.69, 9.17) is 26.8 Å². The van der Waals surface area contributed by atoms with E-state index in [-0.39, 0.29) is 6.10 Å². The second kappa shape index (κ2) is 7.90. The number of methoxy groups -OCH3 is 1. The Hall–Kier alpha value is -0.930. The van der Waals surface area contributed by atoms with Gasteiger partial charge in [0.1, 0.15) is 0 Å². The van der Waals surface area contributed by atoms with Crippen molar-refractivity contribution in [3.05, 3.63) is 22.7 Å². The van der Waals surface area contributed by atoms with Crippen LogP contribution in [-0.2, 0) is 6.42 Å². The molecule has 0 radical (unpaired) electrons. The highest BCUT2D eigenvalue weighted by Gasteiger charge is 2.24. The zero-order valence-electron chi connectivity index (χ0n) is 13.0. The third-order valence-electron chi connectivity index (χ3n) is 4.32. The van der Waals surface area contributed by atoms with Gasteiger partial charge in [0.05, 0.1) is 18.2 Å². The van der Waals surface area contributed by atoms with Crippen LogP contribution in [0.3, 0.4) is 0 Å². The highest BCUT2D eigenvalue weighted by atomic mass is 35.5. The molecular weight excluding hydrogens is 286 g/mol. The zero-order valence-corrected chi connectivity index (χ0v) is 13.8. The van der Waals surface area contributed by atoms with Crippen LogP contribution >= 0.6 is 11.6 Å². The monoisotopic (exact) mass is 311 g/mol. The molecule has 21 heavy (non-hydrogen) atoms. The number of rotatable bonds is 6. The Morgan fingerprint density at radius 1 is 1.33 bits per heavy atom. The van der Waals surface area contributed by atoms with E-state index in [1.165, 1.54) is 19.3 Å². The lowest BCUT2D eigenvalue weighted by Gasteiger charge is -2.29. The lowest BCUT2D eigenvalue weighted by molar-refractivity contribution is 0.118. The number of halogens is 1. The van der Waals surface area contributed by atoms with E-state index >= 15 is 0 Å². The van der Waals surface area contributed by atoms with Crippen molar-refractivity contribution in [1.29, 1.82) is 0 Å². The predicted octanol–water partition coefficient (Wildman–Crippen LogP) is 4.20. The number of ether oxygens (including phenoxy) is 2. The third kappa shape index (κ3) is 4.27. The molecule has 0 heterocycles. The SMILES string of the molecule is CCC1CCCC(Oc2c(Cl)cc(CCN)cc2OC)C1. The first-order valence-corrected chi connectivity index (χ1v) is 8.28. The summed E-state index contributed by atoms with van der Waals surface area (Å²) in [4.78, 5) is 0. The first-order valence-electron chi connectivity index (χ1n) is 7.91. The van der Waals surface area contributed by atoms with Gasteiger partial charge in [-0.2, -0.15) is 0 Å². The quantitative estimate of drug-likeness (QED) is 0.856. The fraction of sp³-hybridized carbons (Fsp3) is 0.647. The van der Waals surface area contributed by atoms with E-state index in [9.17, 15) is 0 Å². The van der Waals surface area contributed by atoms with Crippen LogP contribution in [0.25, 0.3) is 0 Å². The molecule has 1 saturated carbocycles. The maximum absolute atomic E-state index is 6.39. The van der Waals surface area contributed by atoms with Crippen LogP contribution in [0.4, 0.5) is 0 Å². The minimum atomic E-state index is 0.246. The molecule has 0 bridgehead atoms. The topological polar surface area (TPSA) is 44.5 Å². The van der Waals surface area contributed by atoms with Gasteiger partial charge in [-0.25, -0.2) is 0 Å². The van der Waals surface area contributed by atoms with Gasteiger partial charge in [-0.15, -0.1) is 0 Å². The Morgan fingerprint density at radius 2 is 2.14 bits per heavy atom. The molecule has 2 N–H and O–H groups in total. The second-order valence-electron chi connectivity index (χ2n) is 5.83. The zero-order chi connectivity index (χ0) is 15.2. The van der Waals surface area contributed by atoms with Crippen LogP contribution in [0.1, 0.15) is 44.6 Å². The molecule has 3 nitrogen and oxygen atoms in total. The average Bonchev–Trinajstić information content (AvgIpc) is 2.50. The molecule has 1 aromatic carbocycles. The standard InChI is InChI=1S/C17H26ClNO2/c1-3-12-5-4-6-14(9-12)21-17-15(18)10-13(7-8-19)11-16(17)20-2/h10-12,14H,3-9,19H2,1-2H3. The van der Waals surface area contributed by atoms with Crippen LogP contribution in [0.15, 0.2) is 12.1 Å². The fourth-order valence-corrected chi connectivity index (χ4v) is 3.36. The molecule has 0 spiro atoms. The summed E-state index contributed by atoms with van der Waals surface area (Å²) >= 11 is 6.39. The molecule has 1 aliphatic carbocycles. The molecule has 0 aromatic heterocycles. The van der Waals surface area contributed by atoms with Crippen molar-refractivity contribution in [2.24, 2.45) is 11.7 Å². The van der Waals surface area contributed by atoms with E-state index in [0.29, 0.717) is 23.1 Å². The first kappa shape index (κ1) is 16.4. The minimum Gasteiger partial charge on any atom is -0.493 e. The maximum atomic E-state index is 6.39. The van der Waals surface area contributed by atoms with E-state index in [0.717, 1.165) is 30.7 Å². The third-order valence-corrected chi connectivity index (χ3v) is 4.60. The van der Waals surface area contributed by atoms with Crippen molar-refractivity contribution in [2.75, 3.05) is 13.7 Å². The predicted molar refractivity (Wildman–Crippen MR) is 87.4 cm³/mol. The summed E-state index contributed by atoms with van der Waals surface area (Å²) in [5, 5.41) is 0.622. The normalized spacial score (nSPS) is 22.1. The lowest BCUT2D eigenvalue weighted by atomic mass is 9.85. The summed E-state index contributed by atoms with van der Waals surface area (Å²) in [6.07, 6.45) is 7.01. The van der Waals surface area contributed by atoms with Crippen molar-refractivity contribution in [1.82, 2.24) is 0 Å². The van der Waals surface area contributed by atoms with Crippen molar-refractivity contribution in [3.8, 4) is 11.5 Å². The van der Waals surface area contributed by atoms with Crippen molar-refractivity contribution >= 4 is 11.6 Å². The molecular formula is C17H26ClNO2. The summed E-state index contributed by atoms with van der Waals surface area (Å²) in [7, 11) is 1.65. The molecule has 0 saturated heterocycles. The number of hydrogen-bond acceptors (Lipinski definition) is 3. The van der Waals surface area contributed by atoms with E-state index in [1.807, 2.05) is 12.1 Å². The van der Waals surface area contributed by atoms with Crippen LogP contribution in [-0.4, -0.2) is 19.8 Å². The molecule has 118 valence electrons. The molecule has 0 amide bonds. The number of hydrogen-bond donors (Lipinski definition) is 1. The average molecular weight is 312 g/mol. The summed E-state index contributed by atoms with van der Waals surface area (Å²) in [5.41, 5.74) is 6.69. The van der Waals surface area contributed by atoms with Gasteiger partial charge in [-0.3, -0.25) is 0 Å². The Morgan fingerprint density at radius 3 is 2.81 bits per heavy atom. The number of nitrogens with two attached hydrogens (primary N) is 1. The van der Waals surface area contributed by atoms with Gasteiger partial charge in [-0.05, 0) is 55.8 Å². The maximum Gasteiger partial charge on any atom is 0.180 e. The summed E-state index contributed by atoms with van der Waals surface area (Å²) in [6.45, 7) is 2.85. The molecule has 2 unspecified atom stereocenters. The molecule has 1 aliphatic rings. The van der Waals surface area contributed by atoms with Gasteiger partial charge in [0.25, 0.3) is 0 Å². The van der Waals surface area contributed by atoms with Crippen LogP contribution in [0, 0.1) is 5.92 Å². The highest BCUT2D eigenvalue weighted by molar-refractivity contribution is 6.32. The summed E-state index contributed by atoms with van der Waals surface area (Å²) in [5.74, 6) is 2.16. The van der Waals surface area contributed by atoms with Crippen LogP contribution in [0.5, 0.6) is 11.5 Å². The molecule has 0 aliphatic heterocycles. The Bertz CT molecular complexity index is 464. The van der Waals surface area contributed by atoms with Crippen molar-refractivity contribution in [3.63, 3.8) is 0 Å². The first-order chi connectivity index (χ1) is 10.2. The molecule has 2 rings (SSSR count). The van der Waals surface area contributed by atoms with Gasteiger partial charge >= 0.3 is 0 Å². The smallest absolute Gasteiger partial charge is 0.180 e. The van der Waals surface area contributed by atoms with E-state index in [2.05, 4.69) is 6.92 Å². The van der Waals surface area contributed by atoms with Gasteiger partial charge in [0.2, 0.25) is 0 Å². The Balaban J connectivity index is 2.15. The molecule has 4 heteroatoms. The van der Waals surface area contributed by atoms with E-state index in [1.54, 1.807) is 7.11 Å². The van der Waals surface area contributed by atoms with Gasteiger partial charge in [0.15, 0.2) is 11.5 Å². The van der Waals surface area contributed by atoms with Crippen molar-refractivity contribution < 1.29 is 9.47 Å². The minimum absolute atomic E-state index is 0.246. The highest BCUT2D eigenvalue weighted by Crippen LogP contribution is 2.39. The largest absolute Gasteiger partial charge is 0.493 e. The molecule has 2 atom stereocenters. The van der Waals surface area contributed by atoms with Gasteiger partial charge in [0, 0.05) is 0 Å². The van der Waals surface area contributed by atoms with Gasteiger partial charge in [-0.1, -0.05) is 31.4 Å². The number of benzene rings is 1. The van der Waals surface area contributed by atoms with Gasteiger partial charge < -0.3 is 15.2 Å². The van der Waals surface area contributed by atoms with Crippen LogP contribution < -0.4 is 15.2 Å². The summed E-state index contributed by atoms with van der Waals surface area (Å²) < 4.78 is 11.6. The van der Waals surface area contributed by atoms with Crippen LogP contribution in [0.2, 0.25) is 5.02 Å². The summed E-state index contributed by atoms with van der Waals surface area (Å²) in [6, 6.07) is 3.92. The van der Waals surface area contributed by atoms with E-state index < -0.39 is 0 Å². The molecule has 1 aromatic rings. The second-order valence-corrected chi connectivity index (χ2v) is 6.24. The van der Waals surface area contributed by atoms with Crippen molar-refractivity contribution in [2.45, 2.75) is 51.6 Å².